The number of rotatable bonds is 9. The maximum Gasteiger partial charge on any atom is 0.328 e. The van der Waals surface area contributed by atoms with Gasteiger partial charge in [0.05, 0.1) is 0 Å². The van der Waals surface area contributed by atoms with Gasteiger partial charge in [-0.25, -0.2) is 4.79 Å². The first kappa shape index (κ1) is 20.8. The van der Waals surface area contributed by atoms with Crippen LogP contribution in [0, 0.1) is 0 Å². The average molecular weight is 371 g/mol. The Hall–Kier alpha value is -2.26. The van der Waals surface area contributed by atoms with Gasteiger partial charge in [0.25, 0.3) is 16.0 Å². The number of amides is 2. The Labute approximate surface area is 146 Å². The minimum atomic E-state index is -4.71. The number of carbonyl (C=O) groups excluding carboxylic acids is 2. The summed E-state index contributed by atoms with van der Waals surface area (Å²) in [4.78, 5) is 36.9. The molecule has 0 saturated heterocycles. The van der Waals surface area contributed by atoms with Crippen LogP contribution in [0.1, 0.15) is 43.0 Å². The molecule has 0 aromatic heterocycles. The number of carboxylic acid groups (broad SMARTS) is 1. The summed E-state index contributed by atoms with van der Waals surface area (Å²) in [5.41, 5.74) is 0.0490. The molecule has 0 radical (unpaired) electrons. The van der Waals surface area contributed by atoms with E-state index in [0.717, 1.165) is 6.42 Å². The van der Waals surface area contributed by atoms with E-state index in [-0.39, 0.29) is 12.0 Å². The molecule has 0 saturated carbocycles. The maximum absolute atomic E-state index is 12.6. The van der Waals surface area contributed by atoms with Crippen LogP contribution in [0.2, 0.25) is 0 Å². The number of unbranched alkanes of at least 4 members (excludes halogenated alkanes) is 2. The van der Waals surface area contributed by atoms with E-state index in [1.807, 2.05) is 6.92 Å². The topological polar surface area (TPSA) is 129 Å². The van der Waals surface area contributed by atoms with Gasteiger partial charge in [0.15, 0.2) is 6.04 Å². The standard InChI is InChI=1S/C16H21NO7S/c1-2-3-5-10-14(18)17(13(16(20)21)11-25(22,23)24)15(19)12-8-6-4-7-9-12/h4,6-9,13H,2-3,5,10-11H2,1H3,(H,20,21)(H,22,23,24)/t13-/m0/s1. The fourth-order valence-electron chi connectivity index (χ4n) is 2.25. The third kappa shape index (κ3) is 6.63. The van der Waals surface area contributed by atoms with Crippen LogP contribution in [0.3, 0.4) is 0 Å². The minimum absolute atomic E-state index is 0.0490. The van der Waals surface area contributed by atoms with E-state index in [2.05, 4.69) is 0 Å². The molecule has 0 unspecified atom stereocenters. The van der Waals surface area contributed by atoms with Gasteiger partial charge in [0.1, 0.15) is 5.75 Å². The molecule has 1 aromatic rings. The van der Waals surface area contributed by atoms with Gasteiger partial charge in [0, 0.05) is 12.0 Å². The highest BCUT2D eigenvalue weighted by Gasteiger charge is 2.37. The molecule has 0 aliphatic carbocycles. The molecule has 0 bridgehead atoms. The Morgan fingerprint density at radius 1 is 1.12 bits per heavy atom. The van der Waals surface area contributed by atoms with Gasteiger partial charge in [-0.1, -0.05) is 38.0 Å². The third-order valence-corrected chi connectivity index (χ3v) is 4.20. The quantitative estimate of drug-likeness (QED) is 0.498. The van der Waals surface area contributed by atoms with Gasteiger partial charge >= 0.3 is 5.97 Å². The smallest absolute Gasteiger partial charge is 0.328 e. The summed E-state index contributed by atoms with van der Waals surface area (Å²) in [5.74, 6) is -4.66. The summed E-state index contributed by atoms with van der Waals surface area (Å²) in [6, 6.07) is 5.48. The Morgan fingerprint density at radius 2 is 1.72 bits per heavy atom. The Bertz CT molecular complexity index is 715. The largest absolute Gasteiger partial charge is 0.480 e. The first-order valence-corrected chi connectivity index (χ1v) is 9.37. The van der Waals surface area contributed by atoms with Crippen LogP contribution in [0.5, 0.6) is 0 Å². The molecule has 0 heterocycles. The van der Waals surface area contributed by atoms with Crippen molar-refractivity contribution in [2.75, 3.05) is 5.75 Å². The molecule has 1 rings (SSSR count). The lowest BCUT2D eigenvalue weighted by atomic mass is 10.1. The Morgan fingerprint density at radius 3 is 2.20 bits per heavy atom. The fraction of sp³-hybridized carbons (Fsp3) is 0.438. The van der Waals surface area contributed by atoms with E-state index in [1.165, 1.54) is 24.3 Å². The van der Waals surface area contributed by atoms with Crippen molar-refractivity contribution in [2.24, 2.45) is 0 Å². The highest BCUT2D eigenvalue weighted by atomic mass is 32.2. The van der Waals surface area contributed by atoms with E-state index in [9.17, 15) is 27.9 Å². The third-order valence-electron chi connectivity index (χ3n) is 3.47. The number of hydrogen-bond acceptors (Lipinski definition) is 5. The molecule has 25 heavy (non-hydrogen) atoms. The number of nitrogens with zero attached hydrogens (tertiary/aromatic N) is 1. The van der Waals surface area contributed by atoms with Crippen LogP contribution in [0.25, 0.3) is 0 Å². The monoisotopic (exact) mass is 371 g/mol. The van der Waals surface area contributed by atoms with Gasteiger partial charge in [-0.15, -0.1) is 0 Å². The molecule has 0 aliphatic rings. The van der Waals surface area contributed by atoms with Crippen molar-refractivity contribution in [2.45, 2.75) is 38.6 Å². The van der Waals surface area contributed by atoms with E-state index in [1.54, 1.807) is 6.07 Å². The van der Waals surface area contributed by atoms with Crippen LogP contribution < -0.4 is 0 Å². The van der Waals surface area contributed by atoms with Crippen molar-refractivity contribution in [3.05, 3.63) is 35.9 Å². The molecule has 138 valence electrons. The highest BCUT2D eigenvalue weighted by molar-refractivity contribution is 7.85. The van der Waals surface area contributed by atoms with Crippen molar-refractivity contribution in [1.29, 1.82) is 0 Å². The molecule has 2 N–H and O–H groups in total. The zero-order valence-corrected chi connectivity index (χ0v) is 14.6. The summed E-state index contributed by atoms with van der Waals surface area (Å²) in [5, 5.41) is 9.30. The van der Waals surface area contributed by atoms with Crippen LogP contribution in [0.15, 0.2) is 30.3 Å². The van der Waals surface area contributed by atoms with Crippen LogP contribution in [-0.4, -0.2) is 52.6 Å². The number of benzene rings is 1. The summed E-state index contributed by atoms with van der Waals surface area (Å²) < 4.78 is 31.3. The normalized spacial score (nSPS) is 12.4. The lowest BCUT2D eigenvalue weighted by Gasteiger charge is -2.26. The highest BCUT2D eigenvalue weighted by Crippen LogP contribution is 2.14. The first-order valence-electron chi connectivity index (χ1n) is 7.76. The second-order valence-electron chi connectivity index (χ2n) is 5.49. The number of imide groups is 1. The maximum atomic E-state index is 12.6. The number of carboxylic acids is 1. The zero-order chi connectivity index (χ0) is 19.0. The van der Waals surface area contributed by atoms with Gasteiger partial charge in [0.2, 0.25) is 5.91 Å². The van der Waals surface area contributed by atoms with Gasteiger partial charge < -0.3 is 5.11 Å². The average Bonchev–Trinajstić information content (AvgIpc) is 2.54. The molecule has 0 aliphatic heterocycles. The SMILES string of the molecule is CCCCCC(=O)N(C(=O)c1ccccc1)[C@@H](CS(=O)(=O)O)C(=O)O. The van der Waals surface area contributed by atoms with Crippen LogP contribution in [-0.2, 0) is 19.7 Å². The zero-order valence-electron chi connectivity index (χ0n) is 13.8. The second-order valence-corrected chi connectivity index (χ2v) is 6.99. The number of aliphatic carboxylic acids is 1. The Balaban J connectivity index is 3.22. The molecule has 8 nitrogen and oxygen atoms in total. The van der Waals surface area contributed by atoms with Crippen molar-refractivity contribution < 1.29 is 32.5 Å². The molecule has 1 atom stereocenters. The summed E-state index contributed by atoms with van der Waals surface area (Å²) >= 11 is 0. The van der Waals surface area contributed by atoms with Crippen molar-refractivity contribution in [3.8, 4) is 0 Å². The minimum Gasteiger partial charge on any atom is -0.480 e. The lowest BCUT2D eigenvalue weighted by Crippen LogP contribution is -2.51. The van der Waals surface area contributed by atoms with Crippen molar-refractivity contribution >= 4 is 27.9 Å². The molecular formula is C16H21NO7S. The summed E-state index contributed by atoms with van der Waals surface area (Å²) in [6.45, 7) is 1.91. The molecular weight excluding hydrogens is 350 g/mol. The summed E-state index contributed by atoms with van der Waals surface area (Å²) in [7, 11) is -4.71. The molecule has 0 fully saturated rings. The molecule has 2 amide bonds. The van der Waals surface area contributed by atoms with Gasteiger partial charge in [-0.2, -0.15) is 8.42 Å². The lowest BCUT2D eigenvalue weighted by molar-refractivity contribution is -0.147. The predicted molar refractivity (Wildman–Crippen MR) is 89.6 cm³/mol. The van der Waals surface area contributed by atoms with Gasteiger partial charge in [-0.3, -0.25) is 19.0 Å². The van der Waals surface area contributed by atoms with Gasteiger partial charge in [-0.05, 0) is 18.6 Å². The van der Waals surface area contributed by atoms with E-state index < -0.39 is 39.7 Å². The van der Waals surface area contributed by atoms with Crippen molar-refractivity contribution in [3.63, 3.8) is 0 Å². The van der Waals surface area contributed by atoms with E-state index >= 15 is 0 Å². The van der Waals surface area contributed by atoms with Crippen LogP contribution >= 0.6 is 0 Å². The first-order chi connectivity index (χ1) is 11.7. The van der Waals surface area contributed by atoms with E-state index in [0.29, 0.717) is 17.7 Å². The predicted octanol–water partition coefficient (Wildman–Crippen LogP) is 1.58. The Kier molecular flexibility index (Phi) is 7.72. The number of carbonyl (C=O) groups is 3. The second kappa shape index (κ2) is 9.28. The number of hydrogen-bond donors (Lipinski definition) is 2. The molecule has 9 heteroatoms. The van der Waals surface area contributed by atoms with Crippen molar-refractivity contribution in [1.82, 2.24) is 4.90 Å². The summed E-state index contributed by atoms with van der Waals surface area (Å²) in [6.07, 6.45) is 1.86. The van der Waals surface area contributed by atoms with E-state index in [4.69, 9.17) is 4.55 Å². The molecule has 1 aromatic carbocycles. The molecule has 0 spiro atoms. The fourth-order valence-corrected chi connectivity index (χ4v) is 2.94. The van der Waals surface area contributed by atoms with Crippen LogP contribution in [0.4, 0.5) is 0 Å².